The van der Waals surface area contributed by atoms with Crippen molar-refractivity contribution in [3.8, 4) is 11.8 Å². The maximum Gasteiger partial charge on any atom is 0.0715 e. The summed E-state index contributed by atoms with van der Waals surface area (Å²) < 4.78 is 0. The molecule has 3 heteroatoms. The number of likely N-dealkylation sites (tertiary alicyclic amines) is 1. The van der Waals surface area contributed by atoms with E-state index in [2.05, 4.69) is 33.9 Å². The van der Waals surface area contributed by atoms with Crippen molar-refractivity contribution in [2.24, 2.45) is 0 Å². The molecule has 2 aliphatic rings. The number of hydrogen-bond donors (Lipinski definition) is 1. The van der Waals surface area contributed by atoms with Crippen LogP contribution in [0.2, 0.25) is 0 Å². The zero-order chi connectivity index (χ0) is 11.2. The molecule has 0 aliphatic carbocycles. The first kappa shape index (κ1) is 11.9. The molecule has 1 N–H and O–H groups in total. The number of hydrogen-bond acceptors (Lipinski definition) is 3. The van der Waals surface area contributed by atoms with Crippen molar-refractivity contribution in [3.05, 3.63) is 0 Å². The third-order valence-electron chi connectivity index (χ3n) is 3.55. The fourth-order valence-corrected chi connectivity index (χ4v) is 2.51. The van der Waals surface area contributed by atoms with Gasteiger partial charge in [0.15, 0.2) is 0 Å². The van der Waals surface area contributed by atoms with E-state index in [9.17, 15) is 0 Å². The van der Waals surface area contributed by atoms with Crippen molar-refractivity contribution >= 4 is 0 Å². The smallest absolute Gasteiger partial charge is 0.0715 e. The average Bonchev–Trinajstić information content (AvgIpc) is 2.78. The van der Waals surface area contributed by atoms with Crippen LogP contribution in [-0.4, -0.2) is 61.7 Å². The summed E-state index contributed by atoms with van der Waals surface area (Å²) in [5.41, 5.74) is 0. The Morgan fingerprint density at radius 2 is 2.06 bits per heavy atom. The fraction of sp³-hybridized carbons (Fsp3) is 0.846. The van der Waals surface area contributed by atoms with Crippen molar-refractivity contribution in [2.45, 2.75) is 25.8 Å². The highest BCUT2D eigenvalue weighted by Crippen LogP contribution is 2.15. The lowest BCUT2D eigenvalue weighted by Gasteiger charge is -2.25. The molecule has 2 rings (SSSR count). The SMILES string of the molecule is CCN1CCCC1C#CCN1CCNCC1. The Labute approximate surface area is 99.2 Å². The Bertz CT molecular complexity index is 260. The van der Waals surface area contributed by atoms with Gasteiger partial charge in [-0.15, -0.1) is 0 Å². The zero-order valence-electron chi connectivity index (χ0n) is 10.3. The molecule has 0 spiro atoms. The summed E-state index contributed by atoms with van der Waals surface area (Å²) in [5, 5.41) is 3.36. The van der Waals surface area contributed by atoms with E-state index >= 15 is 0 Å². The van der Waals surface area contributed by atoms with Gasteiger partial charge in [0.25, 0.3) is 0 Å². The van der Waals surface area contributed by atoms with E-state index in [0.29, 0.717) is 6.04 Å². The van der Waals surface area contributed by atoms with E-state index in [1.54, 1.807) is 0 Å². The third-order valence-corrected chi connectivity index (χ3v) is 3.55. The van der Waals surface area contributed by atoms with Crippen LogP contribution in [0.15, 0.2) is 0 Å². The van der Waals surface area contributed by atoms with Crippen LogP contribution in [0.5, 0.6) is 0 Å². The highest BCUT2D eigenvalue weighted by Gasteiger charge is 2.20. The van der Waals surface area contributed by atoms with Crippen molar-refractivity contribution in [2.75, 3.05) is 45.8 Å². The van der Waals surface area contributed by atoms with E-state index < -0.39 is 0 Å². The highest BCUT2D eigenvalue weighted by atomic mass is 15.2. The number of rotatable bonds is 2. The molecule has 2 aliphatic heterocycles. The minimum Gasteiger partial charge on any atom is -0.314 e. The van der Waals surface area contributed by atoms with Crippen molar-refractivity contribution in [3.63, 3.8) is 0 Å². The van der Waals surface area contributed by atoms with Crippen LogP contribution in [0.3, 0.4) is 0 Å². The predicted molar refractivity (Wildman–Crippen MR) is 67.4 cm³/mol. The minimum absolute atomic E-state index is 0.535. The molecule has 0 aromatic rings. The Hall–Kier alpha value is -0.560. The topological polar surface area (TPSA) is 18.5 Å². The van der Waals surface area contributed by atoms with Gasteiger partial charge in [0.2, 0.25) is 0 Å². The molecule has 3 nitrogen and oxygen atoms in total. The molecular formula is C13H23N3. The maximum absolute atomic E-state index is 3.44. The van der Waals surface area contributed by atoms with Gasteiger partial charge in [0.05, 0.1) is 12.6 Å². The summed E-state index contributed by atoms with van der Waals surface area (Å²) in [6, 6.07) is 0.535. The molecule has 0 radical (unpaired) electrons. The van der Waals surface area contributed by atoms with Gasteiger partial charge in [-0.25, -0.2) is 0 Å². The Kier molecular flexibility index (Phi) is 4.65. The molecule has 0 saturated carbocycles. The fourth-order valence-electron chi connectivity index (χ4n) is 2.51. The molecule has 0 bridgehead atoms. The molecule has 16 heavy (non-hydrogen) atoms. The molecule has 1 unspecified atom stereocenters. The van der Waals surface area contributed by atoms with Crippen LogP contribution < -0.4 is 5.32 Å². The largest absolute Gasteiger partial charge is 0.314 e. The van der Waals surface area contributed by atoms with Gasteiger partial charge in [-0.1, -0.05) is 18.8 Å². The molecule has 90 valence electrons. The van der Waals surface area contributed by atoms with E-state index in [0.717, 1.165) is 39.3 Å². The van der Waals surface area contributed by atoms with E-state index in [1.807, 2.05) is 0 Å². The molecule has 2 fully saturated rings. The lowest BCUT2D eigenvalue weighted by molar-refractivity contribution is 0.268. The number of nitrogens with one attached hydrogen (secondary N) is 1. The van der Waals surface area contributed by atoms with Gasteiger partial charge in [-0.3, -0.25) is 9.80 Å². The molecule has 0 aromatic carbocycles. The molecule has 1 atom stereocenters. The second-order valence-electron chi connectivity index (χ2n) is 4.63. The van der Waals surface area contributed by atoms with Crippen LogP contribution in [0.1, 0.15) is 19.8 Å². The van der Waals surface area contributed by atoms with E-state index in [4.69, 9.17) is 0 Å². The molecular weight excluding hydrogens is 198 g/mol. The zero-order valence-corrected chi connectivity index (χ0v) is 10.3. The van der Waals surface area contributed by atoms with E-state index in [1.165, 1.54) is 19.4 Å². The quantitative estimate of drug-likeness (QED) is 0.680. The summed E-state index contributed by atoms with van der Waals surface area (Å²) in [4.78, 5) is 4.93. The third kappa shape index (κ3) is 3.21. The van der Waals surface area contributed by atoms with Crippen molar-refractivity contribution in [1.82, 2.24) is 15.1 Å². The van der Waals surface area contributed by atoms with Gasteiger partial charge in [0, 0.05) is 26.2 Å². The molecule has 2 heterocycles. The highest BCUT2D eigenvalue weighted by molar-refractivity contribution is 5.11. The van der Waals surface area contributed by atoms with Crippen LogP contribution in [0.25, 0.3) is 0 Å². The standard InChI is InChI=1S/C13H23N3/c1-2-16-10-4-6-13(16)5-3-9-15-11-7-14-8-12-15/h13-14H,2,4,6-12H2,1H3. The Morgan fingerprint density at radius 1 is 1.25 bits per heavy atom. The van der Waals surface area contributed by atoms with Crippen LogP contribution in [0, 0.1) is 11.8 Å². The number of nitrogens with zero attached hydrogens (tertiary/aromatic N) is 2. The van der Waals surface area contributed by atoms with Crippen molar-refractivity contribution < 1.29 is 0 Å². The van der Waals surface area contributed by atoms with Gasteiger partial charge in [-0.05, 0) is 25.9 Å². The van der Waals surface area contributed by atoms with Crippen LogP contribution in [0.4, 0.5) is 0 Å². The monoisotopic (exact) mass is 221 g/mol. The first-order chi connectivity index (χ1) is 7.90. The summed E-state index contributed by atoms with van der Waals surface area (Å²) in [7, 11) is 0. The summed E-state index contributed by atoms with van der Waals surface area (Å²) in [6.07, 6.45) is 2.59. The minimum atomic E-state index is 0.535. The lowest BCUT2D eigenvalue weighted by Crippen LogP contribution is -2.43. The Balaban J connectivity index is 1.75. The Morgan fingerprint density at radius 3 is 2.81 bits per heavy atom. The molecule has 2 saturated heterocycles. The first-order valence-corrected chi connectivity index (χ1v) is 6.55. The van der Waals surface area contributed by atoms with Crippen molar-refractivity contribution in [1.29, 1.82) is 0 Å². The van der Waals surface area contributed by atoms with E-state index in [-0.39, 0.29) is 0 Å². The van der Waals surface area contributed by atoms with Gasteiger partial charge in [-0.2, -0.15) is 0 Å². The second kappa shape index (κ2) is 6.24. The summed E-state index contributed by atoms with van der Waals surface area (Å²) in [5.74, 6) is 6.81. The first-order valence-electron chi connectivity index (χ1n) is 6.55. The molecule has 0 amide bonds. The number of piperazine rings is 1. The van der Waals surface area contributed by atoms with Gasteiger partial charge < -0.3 is 5.32 Å². The maximum atomic E-state index is 3.44. The second-order valence-corrected chi connectivity index (χ2v) is 4.63. The van der Waals surface area contributed by atoms with Crippen LogP contribution in [-0.2, 0) is 0 Å². The summed E-state index contributed by atoms with van der Waals surface area (Å²) >= 11 is 0. The normalized spacial score (nSPS) is 27.7. The van der Waals surface area contributed by atoms with Gasteiger partial charge in [0.1, 0.15) is 0 Å². The van der Waals surface area contributed by atoms with Crippen LogP contribution >= 0.6 is 0 Å². The van der Waals surface area contributed by atoms with Gasteiger partial charge >= 0.3 is 0 Å². The average molecular weight is 221 g/mol. The lowest BCUT2D eigenvalue weighted by atomic mass is 10.2. The molecule has 0 aromatic heterocycles. The predicted octanol–water partition coefficient (Wildman–Crippen LogP) is 0.379. The summed E-state index contributed by atoms with van der Waals surface area (Å²) in [6.45, 7) is 10.1.